The Labute approximate surface area is 99.1 Å². The van der Waals surface area contributed by atoms with E-state index < -0.39 is 5.97 Å². The largest absolute Gasteiger partial charge is 0.481 e. The lowest BCUT2D eigenvalue weighted by molar-refractivity contribution is -0.136. The maximum absolute atomic E-state index is 10.9. The highest BCUT2D eigenvalue weighted by Gasteiger charge is 2.15. The maximum atomic E-state index is 10.9. The van der Waals surface area contributed by atoms with E-state index in [1.807, 2.05) is 19.9 Å². The number of carbonyl (C=O) groups is 1. The van der Waals surface area contributed by atoms with E-state index in [0.29, 0.717) is 0 Å². The molecule has 5 heteroatoms. The highest BCUT2D eigenvalue weighted by atomic mass is 16.4. The standard InChI is InChI=1S/C12H15N3O2/c1-3-9-8(7-12(16)17)10(4-2)15-11(14-9)5-6-13-15/h5-6H,3-4,7H2,1-2H3,(H,16,17). The van der Waals surface area contributed by atoms with Gasteiger partial charge in [0, 0.05) is 23.0 Å². The lowest BCUT2D eigenvalue weighted by Crippen LogP contribution is -2.13. The quantitative estimate of drug-likeness (QED) is 0.868. The first-order valence-electron chi connectivity index (χ1n) is 5.73. The molecule has 0 aliphatic carbocycles. The molecule has 0 spiro atoms. The van der Waals surface area contributed by atoms with Gasteiger partial charge in [-0.3, -0.25) is 4.79 Å². The Morgan fingerprint density at radius 1 is 1.41 bits per heavy atom. The van der Waals surface area contributed by atoms with Crippen molar-refractivity contribution in [1.82, 2.24) is 14.6 Å². The van der Waals surface area contributed by atoms with E-state index in [-0.39, 0.29) is 6.42 Å². The molecular weight excluding hydrogens is 218 g/mol. The summed E-state index contributed by atoms with van der Waals surface area (Å²) in [5.41, 5.74) is 3.39. The molecule has 0 atom stereocenters. The van der Waals surface area contributed by atoms with Crippen molar-refractivity contribution in [2.24, 2.45) is 0 Å². The van der Waals surface area contributed by atoms with Gasteiger partial charge in [0.25, 0.3) is 0 Å². The van der Waals surface area contributed by atoms with Crippen LogP contribution < -0.4 is 0 Å². The van der Waals surface area contributed by atoms with Crippen LogP contribution in [0.5, 0.6) is 0 Å². The van der Waals surface area contributed by atoms with Gasteiger partial charge in [0.15, 0.2) is 5.65 Å². The minimum absolute atomic E-state index is 0.00907. The van der Waals surface area contributed by atoms with Gasteiger partial charge in [-0.25, -0.2) is 9.50 Å². The zero-order valence-electron chi connectivity index (χ0n) is 9.97. The second-order valence-electron chi connectivity index (χ2n) is 3.86. The van der Waals surface area contributed by atoms with Crippen molar-refractivity contribution in [3.63, 3.8) is 0 Å². The molecule has 0 unspecified atom stereocenters. The number of carboxylic acid groups (broad SMARTS) is 1. The smallest absolute Gasteiger partial charge is 0.307 e. The fourth-order valence-electron chi connectivity index (χ4n) is 2.10. The number of nitrogens with zero attached hydrogens (tertiary/aromatic N) is 3. The molecule has 2 rings (SSSR count). The molecule has 0 aromatic carbocycles. The summed E-state index contributed by atoms with van der Waals surface area (Å²) in [6.07, 6.45) is 3.17. The first kappa shape index (κ1) is 11.6. The van der Waals surface area contributed by atoms with Gasteiger partial charge in [-0.15, -0.1) is 0 Å². The Morgan fingerprint density at radius 3 is 2.76 bits per heavy atom. The third kappa shape index (κ3) is 2.00. The molecule has 0 radical (unpaired) electrons. The molecule has 2 heterocycles. The Bertz CT molecular complexity index is 560. The monoisotopic (exact) mass is 233 g/mol. The van der Waals surface area contributed by atoms with Crippen LogP contribution in [0.4, 0.5) is 0 Å². The number of carboxylic acids is 1. The fraction of sp³-hybridized carbons (Fsp3) is 0.417. The number of hydrogen-bond donors (Lipinski definition) is 1. The summed E-state index contributed by atoms with van der Waals surface area (Å²) < 4.78 is 1.73. The minimum atomic E-state index is -0.831. The molecular formula is C12H15N3O2. The molecule has 17 heavy (non-hydrogen) atoms. The second-order valence-corrected chi connectivity index (χ2v) is 3.86. The SMILES string of the molecule is CCc1nc2ccnn2c(CC)c1CC(=O)O. The van der Waals surface area contributed by atoms with E-state index in [1.165, 1.54) is 0 Å². The molecule has 0 aliphatic heterocycles. The van der Waals surface area contributed by atoms with Crippen molar-refractivity contribution in [3.8, 4) is 0 Å². The van der Waals surface area contributed by atoms with Crippen molar-refractivity contribution in [2.75, 3.05) is 0 Å². The molecule has 1 N–H and O–H groups in total. The Hall–Kier alpha value is -1.91. The van der Waals surface area contributed by atoms with Crippen LogP contribution in [-0.2, 0) is 24.1 Å². The lowest BCUT2D eigenvalue weighted by Gasteiger charge is -2.12. The molecule has 0 saturated heterocycles. The number of hydrogen-bond acceptors (Lipinski definition) is 3. The maximum Gasteiger partial charge on any atom is 0.307 e. The van der Waals surface area contributed by atoms with Gasteiger partial charge in [0.1, 0.15) is 0 Å². The Morgan fingerprint density at radius 2 is 2.18 bits per heavy atom. The van der Waals surface area contributed by atoms with Crippen LogP contribution in [0.15, 0.2) is 12.3 Å². The van der Waals surface area contributed by atoms with Gasteiger partial charge in [-0.1, -0.05) is 13.8 Å². The predicted octanol–water partition coefficient (Wildman–Crippen LogP) is 1.48. The highest BCUT2D eigenvalue weighted by Crippen LogP contribution is 2.17. The van der Waals surface area contributed by atoms with E-state index in [2.05, 4.69) is 10.1 Å². The number of aliphatic carboxylic acids is 1. The van der Waals surface area contributed by atoms with E-state index in [1.54, 1.807) is 10.7 Å². The molecule has 0 amide bonds. The molecule has 0 bridgehead atoms. The first-order valence-corrected chi connectivity index (χ1v) is 5.73. The van der Waals surface area contributed by atoms with Gasteiger partial charge in [0.2, 0.25) is 0 Å². The minimum Gasteiger partial charge on any atom is -0.481 e. The Balaban J connectivity index is 2.70. The lowest BCUT2D eigenvalue weighted by atomic mass is 10.0. The Kier molecular flexibility index (Phi) is 3.08. The third-order valence-electron chi connectivity index (χ3n) is 2.82. The van der Waals surface area contributed by atoms with Crippen molar-refractivity contribution in [2.45, 2.75) is 33.1 Å². The van der Waals surface area contributed by atoms with Crippen LogP contribution in [0.2, 0.25) is 0 Å². The third-order valence-corrected chi connectivity index (χ3v) is 2.82. The van der Waals surface area contributed by atoms with Crippen LogP contribution in [0.25, 0.3) is 5.65 Å². The average molecular weight is 233 g/mol. The van der Waals surface area contributed by atoms with Gasteiger partial charge in [-0.2, -0.15) is 5.10 Å². The normalized spacial score (nSPS) is 10.9. The number of rotatable bonds is 4. The van der Waals surface area contributed by atoms with Crippen LogP contribution in [0.1, 0.15) is 30.8 Å². The summed E-state index contributed by atoms with van der Waals surface area (Å²) in [5.74, 6) is -0.831. The number of aromatic nitrogens is 3. The van der Waals surface area contributed by atoms with Crippen LogP contribution >= 0.6 is 0 Å². The van der Waals surface area contributed by atoms with E-state index in [0.717, 1.165) is 35.4 Å². The zero-order valence-corrected chi connectivity index (χ0v) is 9.97. The van der Waals surface area contributed by atoms with Crippen molar-refractivity contribution in [3.05, 3.63) is 29.2 Å². The molecule has 0 aliphatic rings. The van der Waals surface area contributed by atoms with Gasteiger partial charge in [0.05, 0.1) is 12.6 Å². The topological polar surface area (TPSA) is 67.5 Å². The first-order chi connectivity index (χ1) is 8.17. The molecule has 5 nitrogen and oxygen atoms in total. The van der Waals surface area contributed by atoms with Gasteiger partial charge < -0.3 is 5.11 Å². The average Bonchev–Trinajstić information content (AvgIpc) is 2.75. The molecule has 90 valence electrons. The predicted molar refractivity (Wildman–Crippen MR) is 63.1 cm³/mol. The van der Waals surface area contributed by atoms with Gasteiger partial charge >= 0.3 is 5.97 Å². The zero-order chi connectivity index (χ0) is 12.4. The van der Waals surface area contributed by atoms with Gasteiger partial charge in [-0.05, 0) is 12.8 Å². The second kappa shape index (κ2) is 4.53. The highest BCUT2D eigenvalue weighted by molar-refractivity contribution is 5.71. The summed E-state index contributed by atoms with van der Waals surface area (Å²) in [6.45, 7) is 3.99. The summed E-state index contributed by atoms with van der Waals surface area (Å²) in [4.78, 5) is 15.4. The van der Waals surface area contributed by atoms with Crippen molar-refractivity contribution in [1.29, 1.82) is 0 Å². The summed E-state index contributed by atoms with van der Waals surface area (Å²) in [5, 5.41) is 13.2. The molecule has 2 aromatic heterocycles. The van der Waals surface area contributed by atoms with E-state index in [9.17, 15) is 4.79 Å². The number of fused-ring (bicyclic) bond motifs is 1. The summed E-state index contributed by atoms with van der Waals surface area (Å²) in [7, 11) is 0. The molecule has 0 saturated carbocycles. The van der Waals surface area contributed by atoms with Crippen LogP contribution in [0.3, 0.4) is 0 Å². The fourth-order valence-corrected chi connectivity index (χ4v) is 2.10. The van der Waals surface area contributed by atoms with Crippen molar-refractivity contribution < 1.29 is 9.90 Å². The molecule has 2 aromatic rings. The molecule has 0 fully saturated rings. The van der Waals surface area contributed by atoms with Crippen molar-refractivity contribution >= 4 is 11.6 Å². The van der Waals surface area contributed by atoms with E-state index >= 15 is 0 Å². The number of aryl methyl sites for hydroxylation is 2. The summed E-state index contributed by atoms with van der Waals surface area (Å²) >= 11 is 0. The van der Waals surface area contributed by atoms with E-state index in [4.69, 9.17) is 5.11 Å². The summed E-state index contributed by atoms with van der Waals surface area (Å²) in [6, 6.07) is 1.84. The van der Waals surface area contributed by atoms with Crippen LogP contribution in [0, 0.1) is 0 Å². The van der Waals surface area contributed by atoms with Crippen LogP contribution in [-0.4, -0.2) is 25.7 Å².